The van der Waals surface area contributed by atoms with E-state index in [4.69, 9.17) is 26.1 Å². The van der Waals surface area contributed by atoms with Gasteiger partial charge in [0.1, 0.15) is 17.4 Å². The minimum absolute atomic E-state index is 0.00774. The van der Waals surface area contributed by atoms with Gasteiger partial charge in [-0.3, -0.25) is 4.79 Å². The number of carbonyl (C=O) groups excluding carboxylic acids is 1. The molecule has 1 aromatic carbocycles. The molecule has 186 valence electrons. The number of rotatable bonds is 8. The van der Waals surface area contributed by atoms with Crippen LogP contribution in [0.3, 0.4) is 0 Å². The third kappa shape index (κ3) is 5.13. The van der Waals surface area contributed by atoms with Gasteiger partial charge in [-0.05, 0) is 54.7 Å². The number of halogens is 1. The van der Waals surface area contributed by atoms with Gasteiger partial charge >= 0.3 is 0 Å². The van der Waals surface area contributed by atoms with Crippen molar-refractivity contribution in [2.45, 2.75) is 58.7 Å². The van der Waals surface area contributed by atoms with Crippen molar-refractivity contribution in [3.8, 4) is 5.75 Å². The van der Waals surface area contributed by atoms with Gasteiger partial charge in [0.25, 0.3) is 0 Å². The van der Waals surface area contributed by atoms with Crippen LogP contribution in [-0.4, -0.2) is 42.4 Å². The Morgan fingerprint density at radius 2 is 2.24 bits per heavy atom. The Hall–Kier alpha value is -1.67. The lowest BCUT2D eigenvalue weighted by Gasteiger charge is -2.53. The van der Waals surface area contributed by atoms with Crippen LogP contribution in [0.25, 0.3) is 0 Å². The highest BCUT2D eigenvalue weighted by molar-refractivity contribution is 7.11. The maximum atomic E-state index is 12.7. The van der Waals surface area contributed by atoms with Crippen molar-refractivity contribution in [3.63, 3.8) is 0 Å². The summed E-state index contributed by atoms with van der Waals surface area (Å²) in [5.41, 5.74) is 1.07. The molecular formula is C26H35ClN2O4S. The van der Waals surface area contributed by atoms with E-state index in [1.807, 2.05) is 25.1 Å². The van der Waals surface area contributed by atoms with Crippen LogP contribution in [0.2, 0.25) is 5.02 Å². The maximum Gasteiger partial charge on any atom is 0.223 e. The fraction of sp³-hybridized carbons (Fsp3) is 0.615. The predicted octanol–water partition coefficient (Wildman–Crippen LogP) is 4.83. The van der Waals surface area contributed by atoms with Crippen molar-refractivity contribution in [1.29, 1.82) is 0 Å². The van der Waals surface area contributed by atoms with Gasteiger partial charge in [-0.25, -0.2) is 4.98 Å². The molecule has 34 heavy (non-hydrogen) atoms. The first-order valence-electron chi connectivity index (χ1n) is 12.0. The second-order valence-electron chi connectivity index (χ2n) is 10.1. The SMILES string of the molecule is COCCNC(=O)[C@@H](C)[C@@H]1CC[C@@]2(C)Cc3sc(COc4cccc(Cl)c4)nc3[C@@H](C)[C@@H]2[C@H]1O. The number of carbonyl (C=O) groups is 1. The van der Waals surface area contributed by atoms with Crippen molar-refractivity contribution >= 4 is 28.8 Å². The zero-order chi connectivity index (χ0) is 24.5. The molecule has 2 N–H and O–H groups in total. The van der Waals surface area contributed by atoms with Gasteiger partial charge in [0.15, 0.2) is 0 Å². The minimum atomic E-state index is -0.544. The number of aliphatic hydroxyl groups is 1. The summed E-state index contributed by atoms with van der Waals surface area (Å²) in [6.07, 6.45) is 2.20. The third-order valence-electron chi connectivity index (χ3n) is 7.79. The fourth-order valence-electron chi connectivity index (χ4n) is 5.99. The lowest BCUT2D eigenvalue weighted by atomic mass is 9.53. The molecule has 2 aromatic rings. The second-order valence-corrected chi connectivity index (χ2v) is 11.7. The Morgan fingerprint density at radius 3 is 2.97 bits per heavy atom. The summed E-state index contributed by atoms with van der Waals surface area (Å²) in [5.74, 6) is 0.590. The Bertz CT molecular complexity index is 1010. The molecule has 1 fully saturated rings. The highest BCUT2D eigenvalue weighted by atomic mass is 35.5. The van der Waals surface area contributed by atoms with E-state index < -0.39 is 6.10 Å². The molecule has 0 spiro atoms. The van der Waals surface area contributed by atoms with Crippen LogP contribution in [0.15, 0.2) is 24.3 Å². The Labute approximate surface area is 211 Å². The molecule has 0 radical (unpaired) electrons. The number of ether oxygens (including phenoxy) is 2. The van der Waals surface area contributed by atoms with Gasteiger partial charge in [-0.1, -0.05) is 38.4 Å². The summed E-state index contributed by atoms with van der Waals surface area (Å²) in [7, 11) is 1.62. The highest BCUT2D eigenvalue weighted by Crippen LogP contribution is 2.57. The van der Waals surface area contributed by atoms with E-state index in [1.165, 1.54) is 4.88 Å². The second kappa shape index (κ2) is 10.5. The van der Waals surface area contributed by atoms with E-state index >= 15 is 0 Å². The first-order valence-corrected chi connectivity index (χ1v) is 13.2. The molecule has 0 bridgehead atoms. The average molecular weight is 507 g/mol. The summed E-state index contributed by atoms with van der Waals surface area (Å²) in [6, 6.07) is 7.38. The van der Waals surface area contributed by atoms with E-state index in [0.717, 1.165) is 35.7 Å². The molecule has 1 heterocycles. The molecule has 1 aromatic heterocycles. The fourth-order valence-corrected chi connectivity index (χ4v) is 7.46. The smallest absolute Gasteiger partial charge is 0.223 e. The maximum absolute atomic E-state index is 12.7. The number of amides is 1. The number of hydrogen-bond acceptors (Lipinski definition) is 6. The standard InChI is InChI=1S/C26H35ClN2O4S/c1-15(25(31)28-10-11-32-4)19-8-9-26(3)13-20-23(16(2)22(26)24(19)30)29-21(34-20)14-33-18-7-5-6-17(27)12-18/h5-7,12,15-16,19,22,24,30H,8-11,13-14H2,1-4H3,(H,28,31)/t15-,16-,19-,22+,24-,26-/m0/s1. The first-order chi connectivity index (χ1) is 16.2. The van der Waals surface area contributed by atoms with E-state index in [2.05, 4.69) is 19.2 Å². The topological polar surface area (TPSA) is 80.7 Å². The number of thiazole rings is 1. The van der Waals surface area contributed by atoms with E-state index in [-0.39, 0.29) is 35.0 Å². The Morgan fingerprint density at radius 1 is 1.44 bits per heavy atom. The summed E-state index contributed by atoms with van der Waals surface area (Å²) >= 11 is 7.78. The van der Waals surface area contributed by atoms with Crippen LogP contribution < -0.4 is 10.1 Å². The minimum Gasteiger partial charge on any atom is -0.486 e. The molecule has 0 unspecified atom stereocenters. The van der Waals surface area contributed by atoms with Crippen LogP contribution in [0.1, 0.15) is 55.1 Å². The van der Waals surface area contributed by atoms with Crippen LogP contribution in [0.5, 0.6) is 5.75 Å². The Balaban J connectivity index is 1.48. The number of benzene rings is 1. The average Bonchev–Trinajstić information content (AvgIpc) is 3.20. The summed E-state index contributed by atoms with van der Waals surface area (Å²) in [5, 5.41) is 16.1. The molecule has 6 nitrogen and oxygen atoms in total. The van der Waals surface area contributed by atoms with Gasteiger partial charge < -0.3 is 19.9 Å². The van der Waals surface area contributed by atoms with Crippen LogP contribution in [0, 0.1) is 23.2 Å². The molecule has 1 amide bonds. The monoisotopic (exact) mass is 506 g/mol. The number of fused-ring (bicyclic) bond motifs is 2. The molecule has 6 atom stereocenters. The van der Waals surface area contributed by atoms with Crippen molar-refractivity contribution in [1.82, 2.24) is 10.3 Å². The summed E-state index contributed by atoms with van der Waals surface area (Å²) in [4.78, 5) is 18.9. The zero-order valence-corrected chi connectivity index (χ0v) is 21.9. The van der Waals surface area contributed by atoms with Crippen molar-refractivity contribution < 1.29 is 19.4 Å². The van der Waals surface area contributed by atoms with Gasteiger partial charge in [-0.15, -0.1) is 11.3 Å². The van der Waals surface area contributed by atoms with Crippen molar-refractivity contribution in [2.24, 2.45) is 23.2 Å². The normalized spacial score (nSPS) is 29.1. The quantitative estimate of drug-likeness (QED) is 0.501. The molecule has 8 heteroatoms. The van der Waals surface area contributed by atoms with Gasteiger partial charge in [-0.2, -0.15) is 0 Å². The number of methoxy groups -OCH3 is 1. The lowest BCUT2D eigenvalue weighted by Crippen LogP contribution is -2.53. The molecule has 2 aliphatic carbocycles. The number of nitrogens with one attached hydrogen (secondary N) is 1. The molecular weight excluding hydrogens is 472 g/mol. The molecule has 0 aliphatic heterocycles. The van der Waals surface area contributed by atoms with Crippen LogP contribution >= 0.6 is 22.9 Å². The van der Waals surface area contributed by atoms with Crippen molar-refractivity contribution in [2.75, 3.05) is 20.3 Å². The largest absolute Gasteiger partial charge is 0.486 e. The number of aliphatic hydroxyl groups excluding tert-OH is 1. The van der Waals surface area contributed by atoms with Crippen LogP contribution in [-0.2, 0) is 22.6 Å². The number of nitrogens with zero attached hydrogens (tertiary/aromatic N) is 1. The number of aromatic nitrogens is 1. The first kappa shape index (κ1) is 25.4. The van der Waals surface area contributed by atoms with Crippen LogP contribution in [0.4, 0.5) is 0 Å². The zero-order valence-electron chi connectivity index (χ0n) is 20.3. The van der Waals surface area contributed by atoms with Crippen molar-refractivity contribution in [3.05, 3.63) is 44.9 Å². The van der Waals surface area contributed by atoms with Gasteiger partial charge in [0, 0.05) is 35.4 Å². The lowest BCUT2D eigenvalue weighted by molar-refractivity contribution is -0.135. The summed E-state index contributed by atoms with van der Waals surface area (Å²) in [6.45, 7) is 7.78. The summed E-state index contributed by atoms with van der Waals surface area (Å²) < 4.78 is 11.0. The molecule has 4 rings (SSSR count). The van der Waals surface area contributed by atoms with E-state index in [0.29, 0.717) is 24.8 Å². The molecule has 0 saturated heterocycles. The highest BCUT2D eigenvalue weighted by Gasteiger charge is 2.53. The van der Waals surface area contributed by atoms with E-state index in [9.17, 15) is 9.90 Å². The third-order valence-corrected chi connectivity index (χ3v) is 9.07. The van der Waals surface area contributed by atoms with Gasteiger partial charge in [0.2, 0.25) is 5.91 Å². The predicted molar refractivity (Wildman–Crippen MR) is 134 cm³/mol. The Kier molecular flexibility index (Phi) is 7.87. The molecule has 2 aliphatic rings. The van der Waals surface area contributed by atoms with Gasteiger partial charge in [0.05, 0.1) is 18.4 Å². The van der Waals surface area contributed by atoms with E-state index in [1.54, 1.807) is 24.5 Å². The number of hydrogen-bond donors (Lipinski definition) is 2. The molecule has 1 saturated carbocycles.